The van der Waals surface area contributed by atoms with Gasteiger partial charge in [0, 0.05) is 25.6 Å². The number of thiol groups is 1. The summed E-state index contributed by atoms with van der Waals surface area (Å²) in [5, 5.41) is 0. The van der Waals surface area contributed by atoms with Gasteiger partial charge in [0.15, 0.2) is 0 Å². The van der Waals surface area contributed by atoms with E-state index in [1.54, 1.807) is 0 Å². The molecule has 0 radical (unpaired) electrons. The van der Waals surface area contributed by atoms with Crippen LogP contribution in [0.4, 0.5) is 0 Å². The van der Waals surface area contributed by atoms with Crippen molar-refractivity contribution in [3.63, 3.8) is 0 Å². The van der Waals surface area contributed by atoms with Crippen molar-refractivity contribution in [3.8, 4) is 0 Å². The molecule has 1 heterocycles. The smallest absolute Gasteiger partial charge is 0.0702 e. The molecule has 2 nitrogen and oxygen atoms in total. The third-order valence-electron chi connectivity index (χ3n) is 3.90. The van der Waals surface area contributed by atoms with Crippen LogP contribution in [0.3, 0.4) is 0 Å². The minimum Gasteiger partial charge on any atom is -0.377 e. The van der Waals surface area contributed by atoms with Crippen molar-refractivity contribution in [1.82, 2.24) is 4.90 Å². The van der Waals surface area contributed by atoms with E-state index in [2.05, 4.69) is 54.8 Å². The van der Waals surface area contributed by atoms with E-state index in [1.165, 1.54) is 18.4 Å². The summed E-state index contributed by atoms with van der Waals surface area (Å²) in [6.07, 6.45) is 2.88. The Morgan fingerprint density at radius 1 is 1.37 bits per heavy atom. The Morgan fingerprint density at radius 3 is 2.74 bits per heavy atom. The Bertz CT molecular complexity index is 351. The van der Waals surface area contributed by atoms with Gasteiger partial charge in [-0.3, -0.25) is 0 Å². The molecule has 1 saturated heterocycles. The van der Waals surface area contributed by atoms with Crippen LogP contribution in [-0.4, -0.2) is 43.0 Å². The normalized spacial score (nSPS) is 20.9. The summed E-state index contributed by atoms with van der Waals surface area (Å²) >= 11 is 4.53. The van der Waals surface area contributed by atoms with Gasteiger partial charge < -0.3 is 9.64 Å². The van der Waals surface area contributed by atoms with E-state index in [0.29, 0.717) is 12.0 Å². The minimum atomic E-state index is 0.441. The van der Waals surface area contributed by atoms with Gasteiger partial charge in [-0.05, 0) is 30.7 Å². The van der Waals surface area contributed by atoms with Crippen molar-refractivity contribution in [2.24, 2.45) is 0 Å². The lowest BCUT2D eigenvalue weighted by Gasteiger charge is -2.28. The molecular weight excluding hydrogens is 254 g/mol. The Morgan fingerprint density at radius 2 is 2.16 bits per heavy atom. The van der Waals surface area contributed by atoms with Crippen molar-refractivity contribution in [2.75, 3.05) is 32.0 Å². The molecule has 0 aromatic heterocycles. The highest BCUT2D eigenvalue weighted by Crippen LogP contribution is 2.20. The fourth-order valence-electron chi connectivity index (χ4n) is 2.71. The number of benzene rings is 1. The quantitative estimate of drug-likeness (QED) is 0.770. The number of nitrogens with zero attached hydrogens (tertiary/aromatic N) is 1. The summed E-state index contributed by atoms with van der Waals surface area (Å²) < 4.78 is 5.75. The second-order valence-electron chi connectivity index (χ2n) is 5.28. The molecule has 2 unspecified atom stereocenters. The summed E-state index contributed by atoms with van der Waals surface area (Å²) in [5.41, 5.74) is 1.39. The fraction of sp³-hybridized carbons (Fsp3) is 0.625. The Hall–Kier alpha value is -0.510. The van der Waals surface area contributed by atoms with E-state index in [4.69, 9.17) is 4.74 Å². The lowest BCUT2D eigenvalue weighted by Crippen LogP contribution is -2.35. The first-order valence-electron chi connectivity index (χ1n) is 7.33. The van der Waals surface area contributed by atoms with Crippen molar-refractivity contribution < 1.29 is 4.74 Å². The average molecular weight is 279 g/mol. The highest BCUT2D eigenvalue weighted by atomic mass is 32.1. The molecule has 106 valence electrons. The van der Waals surface area contributed by atoms with Gasteiger partial charge in [0.2, 0.25) is 0 Å². The van der Waals surface area contributed by atoms with Gasteiger partial charge in [0.1, 0.15) is 0 Å². The lowest BCUT2D eigenvalue weighted by atomic mass is 10.0. The molecule has 1 aromatic carbocycles. The number of likely N-dealkylation sites (N-methyl/N-ethyl adjacent to an activating group) is 1. The lowest BCUT2D eigenvalue weighted by molar-refractivity contribution is 0.0734. The van der Waals surface area contributed by atoms with Crippen molar-refractivity contribution in [2.45, 2.75) is 31.8 Å². The van der Waals surface area contributed by atoms with Gasteiger partial charge in [0.25, 0.3) is 0 Å². The largest absolute Gasteiger partial charge is 0.377 e. The first kappa shape index (κ1) is 14.9. The van der Waals surface area contributed by atoms with Crippen LogP contribution >= 0.6 is 12.6 Å². The molecule has 1 aliphatic rings. The molecule has 3 heteroatoms. The summed E-state index contributed by atoms with van der Waals surface area (Å²) in [6, 6.07) is 10.7. The second-order valence-corrected chi connectivity index (χ2v) is 5.64. The number of hydrogen-bond acceptors (Lipinski definition) is 3. The monoisotopic (exact) mass is 279 g/mol. The van der Waals surface area contributed by atoms with Crippen LogP contribution in [0.5, 0.6) is 0 Å². The van der Waals surface area contributed by atoms with E-state index < -0.39 is 0 Å². The molecule has 0 aliphatic carbocycles. The SMILES string of the molecule is CCN(CC1CCCO1)CC(CS)c1ccccc1. The minimum absolute atomic E-state index is 0.441. The zero-order valence-corrected chi connectivity index (χ0v) is 12.7. The molecule has 0 N–H and O–H groups in total. The highest BCUT2D eigenvalue weighted by molar-refractivity contribution is 7.80. The predicted octanol–water partition coefficient (Wildman–Crippen LogP) is 3.20. The molecule has 2 atom stereocenters. The molecule has 2 rings (SSSR count). The van der Waals surface area contributed by atoms with Crippen LogP contribution in [0.2, 0.25) is 0 Å². The highest BCUT2D eigenvalue weighted by Gasteiger charge is 2.20. The standard InChI is InChI=1S/C16H25NOS/c1-2-17(12-16-9-6-10-18-16)11-15(13-19)14-7-4-3-5-8-14/h3-5,7-8,15-16,19H,2,6,9-13H2,1H3. The topological polar surface area (TPSA) is 12.5 Å². The molecule has 19 heavy (non-hydrogen) atoms. The summed E-state index contributed by atoms with van der Waals surface area (Å²) in [4.78, 5) is 2.50. The van der Waals surface area contributed by atoms with E-state index in [1.807, 2.05) is 0 Å². The number of hydrogen-bond donors (Lipinski definition) is 1. The van der Waals surface area contributed by atoms with Gasteiger partial charge in [-0.2, -0.15) is 12.6 Å². The number of rotatable bonds is 7. The zero-order chi connectivity index (χ0) is 13.5. The first-order chi connectivity index (χ1) is 9.33. The van der Waals surface area contributed by atoms with E-state index in [-0.39, 0.29) is 0 Å². The van der Waals surface area contributed by atoms with Crippen LogP contribution in [-0.2, 0) is 4.74 Å². The number of ether oxygens (including phenoxy) is 1. The van der Waals surface area contributed by atoms with E-state index >= 15 is 0 Å². The van der Waals surface area contributed by atoms with Crippen molar-refractivity contribution in [3.05, 3.63) is 35.9 Å². The summed E-state index contributed by atoms with van der Waals surface area (Å²) in [6.45, 7) is 6.39. The molecule has 0 bridgehead atoms. The Labute approximate surface area is 122 Å². The Kier molecular flexibility index (Phi) is 6.21. The maximum absolute atomic E-state index is 5.75. The molecule has 1 aromatic rings. The second kappa shape index (κ2) is 7.93. The summed E-state index contributed by atoms with van der Waals surface area (Å²) in [7, 11) is 0. The molecular formula is C16H25NOS. The third-order valence-corrected chi connectivity index (χ3v) is 4.34. The zero-order valence-electron chi connectivity index (χ0n) is 11.8. The van der Waals surface area contributed by atoms with Gasteiger partial charge in [-0.1, -0.05) is 37.3 Å². The van der Waals surface area contributed by atoms with Crippen LogP contribution in [0, 0.1) is 0 Å². The van der Waals surface area contributed by atoms with Gasteiger partial charge in [0.05, 0.1) is 6.10 Å². The van der Waals surface area contributed by atoms with Crippen LogP contribution in [0.25, 0.3) is 0 Å². The molecule has 0 amide bonds. The summed E-state index contributed by atoms with van der Waals surface area (Å²) in [5.74, 6) is 1.40. The van der Waals surface area contributed by atoms with Crippen molar-refractivity contribution in [1.29, 1.82) is 0 Å². The maximum atomic E-state index is 5.75. The molecule has 0 spiro atoms. The third kappa shape index (κ3) is 4.51. The first-order valence-corrected chi connectivity index (χ1v) is 7.96. The van der Waals surface area contributed by atoms with Gasteiger partial charge in [-0.15, -0.1) is 0 Å². The van der Waals surface area contributed by atoms with Gasteiger partial charge in [-0.25, -0.2) is 0 Å². The maximum Gasteiger partial charge on any atom is 0.0702 e. The Balaban J connectivity index is 1.91. The van der Waals surface area contributed by atoms with E-state index in [9.17, 15) is 0 Å². The molecule has 1 fully saturated rings. The van der Waals surface area contributed by atoms with Crippen LogP contribution in [0.15, 0.2) is 30.3 Å². The van der Waals surface area contributed by atoms with Crippen molar-refractivity contribution >= 4 is 12.6 Å². The molecule has 0 saturated carbocycles. The average Bonchev–Trinajstić information content (AvgIpc) is 2.97. The fourth-order valence-corrected chi connectivity index (χ4v) is 3.04. The van der Waals surface area contributed by atoms with Gasteiger partial charge >= 0.3 is 0 Å². The van der Waals surface area contributed by atoms with Crippen LogP contribution < -0.4 is 0 Å². The van der Waals surface area contributed by atoms with E-state index in [0.717, 1.165) is 32.0 Å². The molecule has 1 aliphatic heterocycles. The van der Waals surface area contributed by atoms with Crippen LogP contribution in [0.1, 0.15) is 31.2 Å². The predicted molar refractivity (Wildman–Crippen MR) is 84.1 cm³/mol.